The average molecular weight is 527 g/mol. The van der Waals surface area contributed by atoms with Gasteiger partial charge in [-0.25, -0.2) is 13.2 Å². The minimum Gasteiger partial charge on any atom is -0.497 e. The maximum Gasteiger partial charge on any atom is 0.339 e. The lowest BCUT2D eigenvalue weighted by atomic mass is 9.98. The van der Waals surface area contributed by atoms with Gasteiger partial charge in [0.2, 0.25) is 9.84 Å². The summed E-state index contributed by atoms with van der Waals surface area (Å²) in [6.45, 7) is 0.400. The Morgan fingerprint density at radius 2 is 1.95 bits per heavy atom. The highest BCUT2D eigenvalue weighted by atomic mass is 32.2. The summed E-state index contributed by atoms with van der Waals surface area (Å²) in [6.07, 6.45) is 5.73. The maximum atomic E-state index is 14.0. The van der Waals surface area contributed by atoms with E-state index >= 15 is 0 Å². The van der Waals surface area contributed by atoms with Gasteiger partial charge in [0.1, 0.15) is 5.75 Å². The Kier molecular flexibility index (Phi) is 8.42. The standard InChI is InChI=1S/C27H30N2O7S/c1-33-20-8-10-21(11-9-20)37(31,32)26-22(27(30)34-2)15-19(14-18-6-5-12-29-16-18)25(28)23(26)17-36-24-7-3-4-13-35-24/h5-6,8-12,15-16,24H,3-4,7,13-14,17,28H2,1-2H3. The van der Waals surface area contributed by atoms with Gasteiger partial charge >= 0.3 is 5.97 Å². The van der Waals surface area contributed by atoms with Crippen LogP contribution in [-0.2, 0) is 37.1 Å². The quantitative estimate of drug-likeness (QED) is 0.326. The van der Waals surface area contributed by atoms with Gasteiger partial charge in [0.25, 0.3) is 0 Å². The van der Waals surface area contributed by atoms with Crippen molar-refractivity contribution in [2.75, 3.05) is 26.6 Å². The first kappa shape index (κ1) is 26.6. The fourth-order valence-corrected chi connectivity index (χ4v) is 5.92. The maximum absolute atomic E-state index is 14.0. The highest BCUT2D eigenvalue weighted by Gasteiger charge is 2.32. The predicted octanol–water partition coefficient (Wildman–Crippen LogP) is 3.93. The zero-order valence-corrected chi connectivity index (χ0v) is 21.6. The number of carbonyl (C=O) groups is 1. The molecular weight excluding hydrogens is 496 g/mol. The van der Waals surface area contributed by atoms with Crippen LogP contribution in [0.15, 0.2) is 64.6 Å². The van der Waals surface area contributed by atoms with E-state index in [4.69, 9.17) is 24.7 Å². The summed E-state index contributed by atoms with van der Waals surface area (Å²) >= 11 is 0. The van der Waals surface area contributed by atoms with Crippen molar-refractivity contribution in [2.24, 2.45) is 0 Å². The molecule has 1 aliphatic heterocycles. The fourth-order valence-electron chi connectivity index (χ4n) is 4.27. The second kappa shape index (κ2) is 11.7. The number of methoxy groups -OCH3 is 2. The van der Waals surface area contributed by atoms with E-state index in [0.29, 0.717) is 30.8 Å². The number of anilines is 1. The second-order valence-electron chi connectivity index (χ2n) is 8.62. The molecule has 10 heteroatoms. The number of rotatable bonds is 9. The molecule has 0 bridgehead atoms. The number of ether oxygens (including phenoxy) is 4. The molecule has 2 heterocycles. The number of nitrogens with zero attached hydrogens (tertiary/aromatic N) is 1. The summed E-state index contributed by atoms with van der Waals surface area (Å²) in [5, 5.41) is 0. The molecule has 2 aromatic carbocycles. The number of esters is 1. The number of hydrogen-bond donors (Lipinski definition) is 1. The number of pyridine rings is 1. The molecule has 1 aromatic heterocycles. The van der Waals surface area contributed by atoms with E-state index in [1.807, 2.05) is 6.07 Å². The molecule has 1 atom stereocenters. The van der Waals surface area contributed by atoms with E-state index in [-0.39, 0.29) is 33.2 Å². The number of aromatic nitrogens is 1. The van der Waals surface area contributed by atoms with Gasteiger partial charge in [0.05, 0.1) is 36.2 Å². The molecule has 0 amide bonds. The van der Waals surface area contributed by atoms with Crippen molar-refractivity contribution in [3.05, 3.63) is 77.1 Å². The molecule has 1 unspecified atom stereocenters. The van der Waals surface area contributed by atoms with E-state index in [9.17, 15) is 13.2 Å². The van der Waals surface area contributed by atoms with Gasteiger partial charge in [0, 0.05) is 36.7 Å². The van der Waals surface area contributed by atoms with E-state index in [2.05, 4.69) is 4.98 Å². The summed E-state index contributed by atoms with van der Waals surface area (Å²) in [5.41, 5.74) is 8.30. The molecule has 37 heavy (non-hydrogen) atoms. The smallest absolute Gasteiger partial charge is 0.339 e. The monoisotopic (exact) mass is 526 g/mol. The van der Waals surface area contributed by atoms with Crippen LogP contribution in [0.25, 0.3) is 0 Å². The van der Waals surface area contributed by atoms with Crippen molar-refractivity contribution in [1.82, 2.24) is 4.98 Å². The lowest BCUT2D eigenvalue weighted by Crippen LogP contribution is -2.24. The number of carbonyl (C=O) groups excluding carboxylic acids is 1. The van der Waals surface area contributed by atoms with Crippen molar-refractivity contribution < 1.29 is 32.2 Å². The Hall–Kier alpha value is -3.47. The Morgan fingerprint density at radius 3 is 2.57 bits per heavy atom. The largest absolute Gasteiger partial charge is 0.497 e. The van der Waals surface area contributed by atoms with Crippen molar-refractivity contribution in [2.45, 2.75) is 48.4 Å². The van der Waals surface area contributed by atoms with Gasteiger partial charge < -0.3 is 24.7 Å². The van der Waals surface area contributed by atoms with Gasteiger partial charge in [-0.15, -0.1) is 0 Å². The molecule has 2 N–H and O–H groups in total. The minimum absolute atomic E-state index is 0.0203. The van der Waals surface area contributed by atoms with Crippen LogP contribution in [0.2, 0.25) is 0 Å². The summed E-state index contributed by atoms with van der Waals surface area (Å²) in [6, 6.07) is 11.1. The van der Waals surface area contributed by atoms with Crippen molar-refractivity contribution in [3.63, 3.8) is 0 Å². The molecule has 0 saturated carbocycles. The molecule has 4 rings (SSSR count). The Bertz CT molecular complexity index is 1340. The lowest BCUT2D eigenvalue weighted by molar-refractivity contribution is -0.169. The molecule has 3 aromatic rings. The summed E-state index contributed by atoms with van der Waals surface area (Å²) in [5.74, 6) is -0.300. The molecule has 0 radical (unpaired) electrons. The highest BCUT2D eigenvalue weighted by molar-refractivity contribution is 7.91. The van der Waals surface area contributed by atoms with Crippen molar-refractivity contribution in [3.8, 4) is 5.75 Å². The Balaban J connectivity index is 1.88. The minimum atomic E-state index is -4.21. The molecule has 0 spiro atoms. The molecule has 0 aliphatic carbocycles. The zero-order chi connectivity index (χ0) is 26.4. The number of nitrogen functional groups attached to an aromatic ring is 1. The number of benzene rings is 2. The molecule has 1 fully saturated rings. The van der Waals surface area contributed by atoms with Gasteiger partial charge in [-0.05, 0) is 66.8 Å². The summed E-state index contributed by atoms with van der Waals surface area (Å²) < 4.78 is 49.7. The van der Waals surface area contributed by atoms with E-state index in [1.54, 1.807) is 18.5 Å². The molecule has 1 saturated heterocycles. The normalized spacial score (nSPS) is 15.8. The second-order valence-corrected chi connectivity index (χ2v) is 10.5. The fraction of sp³-hybridized carbons (Fsp3) is 0.333. The Morgan fingerprint density at radius 1 is 1.16 bits per heavy atom. The summed E-state index contributed by atoms with van der Waals surface area (Å²) in [4.78, 5) is 16.8. The zero-order valence-electron chi connectivity index (χ0n) is 20.8. The van der Waals surface area contributed by atoms with E-state index in [1.165, 1.54) is 44.6 Å². The highest BCUT2D eigenvalue weighted by Crippen LogP contribution is 2.36. The Labute approximate surface area is 216 Å². The third kappa shape index (κ3) is 5.93. The molecule has 1 aliphatic rings. The first-order chi connectivity index (χ1) is 17.8. The average Bonchev–Trinajstić information content (AvgIpc) is 2.93. The van der Waals surface area contributed by atoms with Crippen LogP contribution < -0.4 is 10.5 Å². The topological polar surface area (TPSA) is 127 Å². The van der Waals surface area contributed by atoms with Crippen molar-refractivity contribution in [1.29, 1.82) is 0 Å². The molecule has 196 valence electrons. The van der Waals surface area contributed by atoms with Crippen LogP contribution in [-0.4, -0.2) is 46.5 Å². The van der Waals surface area contributed by atoms with Gasteiger partial charge in [-0.3, -0.25) is 4.98 Å². The van der Waals surface area contributed by atoms with Crippen LogP contribution in [0.3, 0.4) is 0 Å². The number of sulfone groups is 1. The van der Waals surface area contributed by atoms with Gasteiger partial charge in [-0.1, -0.05) is 6.07 Å². The predicted molar refractivity (Wildman–Crippen MR) is 136 cm³/mol. The number of hydrogen-bond acceptors (Lipinski definition) is 9. The van der Waals surface area contributed by atoms with E-state index in [0.717, 1.165) is 18.4 Å². The molecular formula is C27H30N2O7S. The van der Waals surface area contributed by atoms with Crippen LogP contribution in [0, 0.1) is 0 Å². The number of nitrogens with two attached hydrogens (primary N) is 1. The van der Waals surface area contributed by atoms with Gasteiger partial charge in [-0.2, -0.15) is 0 Å². The summed E-state index contributed by atoms with van der Waals surface area (Å²) in [7, 11) is -1.52. The first-order valence-corrected chi connectivity index (χ1v) is 13.4. The lowest BCUT2D eigenvalue weighted by Gasteiger charge is -2.25. The first-order valence-electron chi connectivity index (χ1n) is 11.9. The van der Waals surface area contributed by atoms with Crippen molar-refractivity contribution >= 4 is 21.5 Å². The molecule has 9 nitrogen and oxygen atoms in total. The van der Waals surface area contributed by atoms with Crippen LogP contribution in [0.1, 0.15) is 46.3 Å². The van der Waals surface area contributed by atoms with Crippen LogP contribution >= 0.6 is 0 Å². The van der Waals surface area contributed by atoms with Crippen LogP contribution in [0.4, 0.5) is 5.69 Å². The third-order valence-electron chi connectivity index (χ3n) is 6.22. The van der Waals surface area contributed by atoms with E-state index < -0.39 is 22.1 Å². The third-order valence-corrected chi connectivity index (χ3v) is 8.12. The van der Waals surface area contributed by atoms with Gasteiger partial charge in [0.15, 0.2) is 6.29 Å². The SMILES string of the molecule is COC(=O)c1cc(Cc2cccnc2)c(N)c(COC2CCCCO2)c1S(=O)(=O)c1ccc(OC)cc1. The van der Waals surface area contributed by atoms with Crippen LogP contribution in [0.5, 0.6) is 5.75 Å².